The Labute approximate surface area is 89.0 Å². The third-order valence-electron chi connectivity index (χ3n) is 1.94. The Morgan fingerprint density at radius 1 is 0.933 bits per heavy atom. The molecule has 0 radical (unpaired) electrons. The standard InChI is InChI=1S/C13H10N2/c1-11-3-5-12(6-4-11)7-8-13-14-9-2-10-15-13/h2-6,9-10H,1H3. The Morgan fingerprint density at radius 2 is 1.60 bits per heavy atom. The monoisotopic (exact) mass is 194 g/mol. The first-order valence-corrected chi connectivity index (χ1v) is 4.70. The second kappa shape index (κ2) is 4.39. The van der Waals surface area contributed by atoms with Crippen LogP contribution in [-0.4, -0.2) is 9.97 Å². The molecule has 0 unspecified atom stereocenters. The van der Waals surface area contributed by atoms with Crippen molar-refractivity contribution in [2.45, 2.75) is 6.92 Å². The quantitative estimate of drug-likeness (QED) is 0.601. The number of hydrogen-bond donors (Lipinski definition) is 0. The van der Waals surface area contributed by atoms with Crippen LogP contribution in [0, 0.1) is 18.8 Å². The molecule has 0 atom stereocenters. The van der Waals surface area contributed by atoms with Crippen LogP contribution in [-0.2, 0) is 0 Å². The van der Waals surface area contributed by atoms with Gasteiger partial charge >= 0.3 is 0 Å². The highest BCUT2D eigenvalue weighted by Gasteiger charge is 1.87. The molecule has 0 aliphatic carbocycles. The van der Waals surface area contributed by atoms with Gasteiger partial charge < -0.3 is 0 Å². The SMILES string of the molecule is Cc1ccc(C#Cc2ncccn2)cc1. The molecular formula is C13H10N2. The van der Waals surface area contributed by atoms with Crippen LogP contribution in [0.1, 0.15) is 17.0 Å². The van der Waals surface area contributed by atoms with Gasteiger partial charge in [-0.15, -0.1) is 0 Å². The van der Waals surface area contributed by atoms with Crippen LogP contribution in [0.3, 0.4) is 0 Å². The van der Waals surface area contributed by atoms with E-state index in [-0.39, 0.29) is 0 Å². The smallest absolute Gasteiger partial charge is 0.205 e. The maximum atomic E-state index is 4.03. The molecule has 1 aromatic heterocycles. The van der Waals surface area contributed by atoms with E-state index in [9.17, 15) is 0 Å². The predicted molar refractivity (Wildman–Crippen MR) is 59.2 cm³/mol. The Balaban J connectivity index is 2.22. The van der Waals surface area contributed by atoms with Crippen molar-refractivity contribution in [2.24, 2.45) is 0 Å². The van der Waals surface area contributed by atoms with Crippen molar-refractivity contribution in [1.82, 2.24) is 9.97 Å². The van der Waals surface area contributed by atoms with E-state index in [0.717, 1.165) is 5.56 Å². The lowest BCUT2D eigenvalue weighted by atomic mass is 10.1. The molecule has 15 heavy (non-hydrogen) atoms. The predicted octanol–water partition coefficient (Wildman–Crippen LogP) is 2.18. The average molecular weight is 194 g/mol. The van der Waals surface area contributed by atoms with E-state index in [2.05, 4.69) is 28.7 Å². The second-order valence-electron chi connectivity index (χ2n) is 3.19. The van der Waals surface area contributed by atoms with Gasteiger partial charge in [0, 0.05) is 18.0 Å². The molecule has 0 amide bonds. The molecule has 2 heteroatoms. The fourth-order valence-corrected chi connectivity index (χ4v) is 1.13. The van der Waals surface area contributed by atoms with E-state index in [1.807, 2.05) is 24.3 Å². The first-order chi connectivity index (χ1) is 7.34. The van der Waals surface area contributed by atoms with Gasteiger partial charge in [0.25, 0.3) is 0 Å². The Bertz CT molecular complexity index is 490. The summed E-state index contributed by atoms with van der Waals surface area (Å²) in [7, 11) is 0. The average Bonchev–Trinajstić information content (AvgIpc) is 2.30. The summed E-state index contributed by atoms with van der Waals surface area (Å²) < 4.78 is 0. The normalized spacial score (nSPS) is 9.13. The van der Waals surface area contributed by atoms with Gasteiger partial charge in [0.15, 0.2) is 0 Å². The van der Waals surface area contributed by atoms with Crippen LogP contribution in [0.25, 0.3) is 0 Å². The first-order valence-electron chi connectivity index (χ1n) is 4.70. The zero-order valence-corrected chi connectivity index (χ0v) is 8.44. The molecule has 0 spiro atoms. The number of rotatable bonds is 0. The van der Waals surface area contributed by atoms with E-state index in [1.54, 1.807) is 18.5 Å². The van der Waals surface area contributed by atoms with Gasteiger partial charge in [-0.05, 0) is 31.0 Å². The summed E-state index contributed by atoms with van der Waals surface area (Å²) in [6.07, 6.45) is 3.37. The summed E-state index contributed by atoms with van der Waals surface area (Å²) in [5.41, 5.74) is 2.21. The minimum Gasteiger partial charge on any atom is -0.229 e. The van der Waals surface area contributed by atoms with Gasteiger partial charge in [-0.2, -0.15) is 0 Å². The lowest BCUT2D eigenvalue weighted by Crippen LogP contribution is -1.85. The van der Waals surface area contributed by atoms with Crippen LogP contribution in [0.4, 0.5) is 0 Å². The van der Waals surface area contributed by atoms with Crippen molar-refractivity contribution in [3.8, 4) is 11.8 Å². The molecule has 0 aliphatic heterocycles. The fourth-order valence-electron chi connectivity index (χ4n) is 1.13. The Kier molecular flexibility index (Phi) is 2.75. The third-order valence-corrected chi connectivity index (χ3v) is 1.94. The van der Waals surface area contributed by atoms with Gasteiger partial charge in [0.1, 0.15) is 0 Å². The summed E-state index contributed by atoms with van der Waals surface area (Å²) in [4.78, 5) is 8.05. The number of aryl methyl sites for hydroxylation is 1. The van der Waals surface area contributed by atoms with Crippen molar-refractivity contribution in [1.29, 1.82) is 0 Å². The van der Waals surface area contributed by atoms with E-state index < -0.39 is 0 Å². The molecule has 0 aliphatic rings. The Hall–Kier alpha value is -2.14. The van der Waals surface area contributed by atoms with Gasteiger partial charge in [-0.1, -0.05) is 23.6 Å². The minimum absolute atomic E-state index is 0.554. The van der Waals surface area contributed by atoms with Crippen LogP contribution in [0.2, 0.25) is 0 Å². The second-order valence-corrected chi connectivity index (χ2v) is 3.19. The minimum atomic E-state index is 0.554. The number of aromatic nitrogens is 2. The van der Waals surface area contributed by atoms with E-state index in [0.29, 0.717) is 5.82 Å². The molecule has 0 saturated heterocycles. The summed E-state index contributed by atoms with van der Waals surface area (Å²) >= 11 is 0. The van der Waals surface area contributed by atoms with Crippen molar-refractivity contribution >= 4 is 0 Å². The maximum absolute atomic E-state index is 4.03. The van der Waals surface area contributed by atoms with Crippen molar-refractivity contribution < 1.29 is 0 Å². The number of hydrogen-bond acceptors (Lipinski definition) is 2. The molecule has 0 fully saturated rings. The zero-order chi connectivity index (χ0) is 10.5. The zero-order valence-electron chi connectivity index (χ0n) is 8.44. The lowest BCUT2D eigenvalue weighted by Gasteiger charge is -1.91. The van der Waals surface area contributed by atoms with Crippen LogP contribution in [0.15, 0.2) is 42.7 Å². The van der Waals surface area contributed by atoms with Crippen LogP contribution < -0.4 is 0 Å². The third kappa shape index (κ3) is 2.65. The summed E-state index contributed by atoms with van der Waals surface area (Å²) in [6.45, 7) is 2.05. The molecule has 2 nitrogen and oxygen atoms in total. The number of nitrogens with zero attached hydrogens (tertiary/aromatic N) is 2. The molecule has 0 bridgehead atoms. The molecule has 0 saturated carbocycles. The summed E-state index contributed by atoms with van der Waals surface area (Å²) in [5, 5.41) is 0. The van der Waals surface area contributed by atoms with E-state index >= 15 is 0 Å². The molecule has 1 heterocycles. The highest BCUT2D eigenvalue weighted by atomic mass is 14.8. The number of benzene rings is 1. The van der Waals surface area contributed by atoms with Crippen LogP contribution >= 0.6 is 0 Å². The van der Waals surface area contributed by atoms with Crippen molar-refractivity contribution in [3.63, 3.8) is 0 Å². The van der Waals surface area contributed by atoms with E-state index in [1.165, 1.54) is 5.56 Å². The van der Waals surface area contributed by atoms with Gasteiger partial charge in [0.05, 0.1) is 0 Å². The van der Waals surface area contributed by atoms with Gasteiger partial charge in [-0.25, -0.2) is 9.97 Å². The molecule has 2 aromatic rings. The maximum Gasteiger partial charge on any atom is 0.205 e. The molecule has 1 aromatic carbocycles. The highest BCUT2D eigenvalue weighted by Crippen LogP contribution is 2.01. The molecule has 72 valence electrons. The van der Waals surface area contributed by atoms with E-state index in [4.69, 9.17) is 0 Å². The van der Waals surface area contributed by atoms with Crippen molar-refractivity contribution in [2.75, 3.05) is 0 Å². The Morgan fingerprint density at radius 3 is 2.27 bits per heavy atom. The summed E-state index contributed by atoms with van der Waals surface area (Å²) in [6, 6.07) is 9.83. The van der Waals surface area contributed by atoms with Gasteiger partial charge in [-0.3, -0.25) is 0 Å². The largest absolute Gasteiger partial charge is 0.229 e. The topological polar surface area (TPSA) is 25.8 Å². The molecular weight excluding hydrogens is 184 g/mol. The lowest BCUT2D eigenvalue weighted by molar-refractivity contribution is 1.13. The fraction of sp³-hybridized carbons (Fsp3) is 0.0769. The van der Waals surface area contributed by atoms with Gasteiger partial charge in [0.2, 0.25) is 5.82 Å². The summed E-state index contributed by atoms with van der Waals surface area (Å²) in [5.74, 6) is 6.48. The molecule has 2 rings (SSSR count). The highest BCUT2D eigenvalue weighted by molar-refractivity contribution is 5.39. The van der Waals surface area contributed by atoms with Crippen molar-refractivity contribution in [3.05, 3.63) is 59.7 Å². The first kappa shape index (κ1) is 9.42. The van der Waals surface area contributed by atoms with Crippen LogP contribution in [0.5, 0.6) is 0 Å². The molecule has 0 N–H and O–H groups in total.